The highest BCUT2D eigenvalue weighted by Crippen LogP contribution is 2.12. The summed E-state index contributed by atoms with van der Waals surface area (Å²) in [5.74, 6) is 1.11. The summed E-state index contributed by atoms with van der Waals surface area (Å²) in [5, 5.41) is 4.09. The van der Waals surface area contributed by atoms with Gasteiger partial charge in [-0.2, -0.15) is 0 Å². The van der Waals surface area contributed by atoms with E-state index in [2.05, 4.69) is 15.3 Å². The summed E-state index contributed by atoms with van der Waals surface area (Å²) in [5.41, 5.74) is 0. The van der Waals surface area contributed by atoms with Crippen LogP contribution in [0.3, 0.4) is 0 Å². The molecule has 15 heavy (non-hydrogen) atoms. The zero-order valence-corrected chi connectivity index (χ0v) is 9.72. The minimum Gasteiger partial charge on any atom is -0.316 e. The van der Waals surface area contributed by atoms with Crippen LogP contribution in [0, 0.1) is 5.92 Å². The number of nitrogens with zero attached hydrogens (tertiary/aromatic N) is 2. The molecule has 1 aliphatic rings. The van der Waals surface area contributed by atoms with Crippen molar-refractivity contribution >= 4 is 22.4 Å². The van der Waals surface area contributed by atoms with E-state index in [4.69, 9.17) is 11.6 Å². The van der Waals surface area contributed by atoms with Crippen LogP contribution >= 0.6 is 11.6 Å². The fourth-order valence-corrected chi connectivity index (χ4v) is 2.86. The first-order chi connectivity index (χ1) is 7.25. The van der Waals surface area contributed by atoms with Gasteiger partial charge in [-0.3, -0.25) is 4.21 Å². The average molecular weight is 246 g/mol. The predicted molar refractivity (Wildman–Crippen MR) is 59.3 cm³/mol. The molecule has 1 aliphatic heterocycles. The third kappa shape index (κ3) is 2.96. The Bertz CT molecular complexity index is 351. The lowest BCUT2D eigenvalue weighted by Gasteiger charge is -2.06. The van der Waals surface area contributed by atoms with Crippen LogP contribution < -0.4 is 5.32 Å². The Morgan fingerprint density at radius 2 is 2.27 bits per heavy atom. The van der Waals surface area contributed by atoms with Crippen LogP contribution in [0.5, 0.6) is 0 Å². The number of halogens is 1. The Hall–Kier alpha value is -0.520. The molecule has 4 nitrogen and oxygen atoms in total. The molecule has 0 saturated carbocycles. The third-order valence-electron chi connectivity index (χ3n) is 2.35. The van der Waals surface area contributed by atoms with Gasteiger partial charge in [0.05, 0.1) is 28.2 Å². The molecule has 1 N–H and O–H groups in total. The first kappa shape index (κ1) is 11.0. The molecule has 6 heteroatoms. The summed E-state index contributed by atoms with van der Waals surface area (Å²) >= 11 is 5.65. The van der Waals surface area contributed by atoms with Gasteiger partial charge in [0, 0.05) is 5.75 Å². The molecule has 0 aliphatic carbocycles. The summed E-state index contributed by atoms with van der Waals surface area (Å²) in [4.78, 5) is 7.91. The van der Waals surface area contributed by atoms with Crippen molar-refractivity contribution in [1.29, 1.82) is 0 Å². The van der Waals surface area contributed by atoms with Crippen LogP contribution in [-0.4, -0.2) is 33.0 Å². The minimum absolute atomic E-state index is 0.381. The highest BCUT2D eigenvalue weighted by molar-refractivity contribution is 7.84. The largest absolute Gasteiger partial charge is 0.316 e. The molecule has 1 aromatic rings. The molecule has 2 rings (SSSR count). The average Bonchev–Trinajstić information content (AvgIpc) is 2.71. The second kappa shape index (κ2) is 5.01. The molecule has 82 valence electrons. The highest BCUT2D eigenvalue weighted by atomic mass is 35.5. The monoisotopic (exact) mass is 245 g/mol. The van der Waals surface area contributed by atoms with E-state index >= 15 is 0 Å². The topological polar surface area (TPSA) is 54.9 Å². The summed E-state index contributed by atoms with van der Waals surface area (Å²) in [6, 6.07) is 0. The molecule has 0 aromatic carbocycles. The van der Waals surface area contributed by atoms with Crippen molar-refractivity contribution in [2.45, 2.75) is 11.6 Å². The van der Waals surface area contributed by atoms with Crippen LogP contribution in [0.4, 0.5) is 0 Å². The van der Waals surface area contributed by atoms with Crippen LogP contribution in [0.2, 0.25) is 5.02 Å². The summed E-state index contributed by atoms with van der Waals surface area (Å²) in [6.45, 7) is 1.96. The van der Waals surface area contributed by atoms with Gasteiger partial charge < -0.3 is 5.32 Å². The van der Waals surface area contributed by atoms with Gasteiger partial charge >= 0.3 is 0 Å². The lowest BCUT2D eigenvalue weighted by atomic mass is 10.2. The first-order valence-corrected chi connectivity index (χ1v) is 6.52. The van der Waals surface area contributed by atoms with Crippen molar-refractivity contribution in [3.8, 4) is 0 Å². The van der Waals surface area contributed by atoms with E-state index in [0.717, 1.165) is 19.5 Å². The smallest absolute Gasteiger partial charge is 0.218 e. The van der Waals surface area contributed by atoms with E-state index in [1.165, 1.54) is 12.4 Å². The number of hydrogen-bond acceptors (Lipinski definition) is 4. The molecule has 0 unspecified atom stereocenters. The zero-order valence-electron chi connectivity index (χ0n) is 8.15. The predicted octanol–water partition coefficient (Wildman–Crippen LogP) is 0.847. The number of hydrogen-bond donors (Lipinski definition) is 1. The standard InChI is InChI=1S/C9H12ClN3OS/c10-8-4-12-9(13-5-8)15(14)6-7-1-2-11-3-7/h4-5,7,11H,1-3,6H2/t7-,15-/m1/s1. The molecular weight excluding hydrogens is 234 g/mol. The van der Waals surface area contributed by atoms with Crippen LogP contribution in [0.15, 0.2) is 17.6 Å². The Morgan fingerprint density at radius 3 is 2.87 bits per heavy atom. The maximum absolute atomic E-state index is 11.8. The Morgan fingerprint density at radius 1 is 1.53 bits per heavy atom. The van der Waals surface area contributed by atoms with Gasteiger partial charge in [-0.25, -0.2) is 9.97 Å². The summed E-state index contributed by atoms with van der Waals surface area (Å²) < 4.78 is 11.8. The lowest BCUT2D eigenvalue weighted by molar-refractivity contribution is 0.628. The molecule has 1 aromatic heterocycles. The van der Waals surface area contributed by atoms with Crippen molar-refractivity contribution in [2.24, 2.45) is 5.92 Å². The quantitative estimate of drug-likeness (QED) is 0.803. The minimum atomic E-state index is -1.10. The molecule has 2 atom stereocenters. The van der Waals surface area contributed by atoms with Gasteiger partial charge in [0.25, 0.3) is 0 Å². The van der Waals surface area contributed by atoms with Crippen LogP contribution in [0.1, 0.15) is 6.42 Å². The van der Waals surface area contributed by atoms with Crippen molar-refractivity contribution < 1.29 is 4.21 Å². The highest BCUT2D eigenvalue weighted by Gasteiger charge is 2.19. The van der Waals surface area contributed by atoms with Crippen molar-refractivity contribution in [3.05, 3.63) is 17.4 Å². The van der Waals surface area contributed by atoms with Gasteiger partial charge in [0.1, 0.15) is 0 Å². The van der Waals surface area contributed by atoms with E-state index in [0.29, 0.717) is 21.8 Å². The van der Waals surface area contributed by atoms with Crippen molar-refractivity contribution in [1.82, 2.24) is 15.3 Å². The normalized spacial score (nSPS) is 22.9. The molecular formula is C9H12ClN3OS. The third-order valence-corrected chi connectivity index (χ3v) is 3.94. The van der Waals surface area contributed by atoms with E-state index in [1.807, 2.05) is 0 Å². The maximum Gasteiger partial charge on any atom is 0.218 e. The molecule has 2 heterocycles. The molecule has 0 amide bonds. The van der Waals surface area contributed by atoms with E-state index in [1.54, 1.807) is 0 Å². The number of nitrogens with one attached hydrogen (secondary N) is 1. The van der Waals surface area contributed by atoms with Gasteiger partial charge in [-0.15, -0.1) is 0 Å². The van der Waals surface area contributed by atoms with Crippen molar-refractivity contribution in [3.63, 3.8) is 0 Å². The maximum atomic E-state index is 11.8. The van der Waals surface area contributed by atoms with Crippen LogP contribution in [-0.2, 0) is 10.8 Å². The first-order valence-electron chi connectivity index (χ1n) is 4.82. The molecule has 1 saturated heterocycles. The van der Waals surface area contributed by atoms with Gasteiger partial charge in [0.15, 0.2) is 0 Å². The van der Waals surface area contributed by atoms with E-state index < -0.39 is 10.8 Å². The number of rotatable bonds is 3. The molecule has 0 bridgehead atoms. The Labute approximate surface area is 95.9 Å². The van der Waals surface area contributed by atoms with E-state index in [-0.39, 0.29) is 0 Å². The number of aromatic nitrogens is 2. The van der Waals surface area contributed by atoms with E-state index in [9.17, 15) is 4.21 Å². The second-order valence-corrected chi connectivity index (χ2v) is 5.38. The summed E-state index contributed by atoms with van der Waals surface area (Å²) in [6.07, 6.45) is 4.04. The molecule has 1 fully saturated rings. The Balaban J connectivity index is 1.98. The molecule has 0 spiro atoms. The second-order valence-electron chi connectivity index (χ2n) is 3.55. The molecule has 0 radical (unpaired) electrons. The van der Waals surface area contributed by atoms with Gasteiger partial charge in [0.2, 0.25) is 5.16 Å². The fourth-order valence-electron chi connectivity index (χ4n) is 1.56. The van der Waals surface area contributed by atoms with Crippen LogP contribution in [0.25, 0.3) is 0 Å². The zero-order chi connectivity index (χ0) is 10.7. The SMILES string of the molecule is O=[S@](C[C@@H]1CCNC1)c1ncc(Cl)cn1. The van der Waals surface area contributed by atoms with Crippen molar-refractivity contribution in [2.75, 3.05) is 18.8 Å². The Kier molecular flexibility index (Phi) is 3.66. The van der Waals surface area contributed by atoms with Gasteiger partial charge in [-0.1, -0.05) is 11.6 Å². The summed E-state index contributed by atoms with van der Waals surface area (Å²) in [7, 11) is -1.10. The fraction of sp³-hybridized carbons (Fsp3) is 0.556. The van der Waals surface area contributed by atoms with Gasteiger partial charge in [-0.05, 0) is 25.4 Å². The lowest BCUT2D eigenvalue weighted by Crippen LogP contribution is -2.16.